The topological polar surface area (TPSA) is 87.7 Å². The molecule has 2 aromatic heterocycles. The first-order valence-electron chi connectivity index (χ1n) is 14.7. The minimum atomic E-state index is 0.0925. The molecule has 2 N–H and O–H groups in total. The number of likely N-dealkylation sites (N-methyl/N-ethyl adjacent to an activating group) is 1. The lowest BCUT2D eigenvalue weighted by Gasteiger charge is -2.43. The highest BCUT2D eigenvalue weighted by Crippen LogP contribution is 2.43. The number of nitrogens with one attached hydrogen (secondary N) is 2. The Kier molecular flexibility index (Phi) is 7.60. The Morgan fingerprint density at radius 2 is 2.10 bits per heavy atom. The quantitative estimate of drug-likeness (QED) is 0.248. The number of pyridine rings is 1. The van der Waals surface area contributed by atoms with Gasteiger partial charge in [-0.05, 0) is 86.0 Å². The van der Waals surface area contributed by atoms with Gasteiger partial charge in [0.05, 0.1) is 23.1 Å². The van der Waals surface area contributed by atoms with E-state index in [1.54, 1.807) is 12.5 Å². The van der Waals surface area contributed by atoms with Crippen LogP contribution in [0.5, 0.6) is 17.2 Å². The second kappa shape index (κ2) is 11.5. The molecule has 6 rings (SSSR count). The molecule has 0 bridgehead atoms. The van der Waals surface area contributed by atoms with Crippen molar-refractivity contribution >= 4 is 33.9 Å². The molecule has 4 aromatic rings. The fourth-order valence-electron chi connectivity index (χ4n) is 5.86. The van der Waals surface area contributed by atoms with E-state index >= 15 is 0 Å². The van der Waals surface area contributed by atoms with E-state index in [2.05, 4.69) is 83.0 Å². The fourth-order valence-corrected chi connectivity index (χ4v) is 5.86. The summed E-state index contributed by atoms with van der Waals surface area (Å²) >= 11 is 0. The molecule has 2 aromatic carbocycles. The smallest absolute Gasteiger partial charge is 0.175 e. The molecule has 1 fully saturated rings. The van der Waals surface area contributed by atoms with Gasteiger partial charge >= 0.3 is 0 Å². The predicted molar refractivity (Wildman–Crippen MR) is 170 cm³/mol. The SMILES string of the molecule is C=CN(C)c1ccc(Oc2ccc(Nc3ncnc4cnc5c(c34)OC3CCNCC3N5C)cc2C)cc1C(C)CC. The molecule has 0 radical (unpaired) electrons. The number of hydrogen-bond donors (Lipinski definition) is 2. The summed E-state index contributed by atoms with van der Waals surface area (Å²) in [6, 6.07) is 12.6. The Labute approximate surface area is 247 Å². The number of anilines is 4. The first kappa shape index (κ1) is 27.8. The molecule has 9 heteroatoms. The van der Waals surface area contributed by atoms with Crippen molar-refractivity contribution in [2.24, 2.45) is 0 Å². The number of aromatic nitrogens is 3. The zero-order chi connectivity index (χ0) is 29.4. The first-order valence-corrected chi connectivity index (χ1v) is 14.7. The molecule has 2 aliphatic rings. The minimum Gasteiger partial charge on any atom is -0.483 e. The van der Waals surface area contributed by atoms with Crippen LogP contribution in [-0.2, 0) is 0 Å². The highest BCUT2D eigenvalue weighted by atomic mass is 16.5. The zero-order valence-corrected chi connectivity index (χ0v) is 25.0. The number of benzene rings is 2. The molecule has 3 atom stereocenters. The number of aryl methyl sites for hydroxylation is 1. The third-order valence-electron chi connectivity index (χ3n) is 8.57. The molecule has 0 saturated carbocycles. The summed E-state index contributed by atoms with van der Waals surface area (Å²) in [4.78, 5) is 18.1. The lowest BCUT2D eigenvalue weighted by Crippen LogP contribution is -2.57. The van der Waals surface area contributed by atoms with Crippen LogP contribution in [0.15, 0.2) is 61.7 Å². The van der Waals surface area contributed by atoms with E-state index in [-0.39, 0.29) is 12.1 Å². The molecular formula is C33H39N7O2. The molecule has 0 spiro atoms. The van der Waals surface area contributed by atoms with Crippen LogP contribution in [0.4, 0.5) is 23.0 Å². The Morgan fingerprint density at radius 1 is 1.24 bits per heavy atom. The summed E-state index contributed by atoms with van der Waals surface area (Å²) in [5.41, 5.74) is 5.03. The standard InChI is InChI=1S/C33H39N7O2/c1-7-20(3)24-16-23(10-11-26(24)39(5)8-2)41-28-12-9-22(15-21(28)4)38-32-30-25(36-19-37-32)17-35-33-31(30)42-29-13-14-34-18-27(29)40(33)6/h8-12,15-17,19-20,27,29,34H,2,7,13-14,18H2,1,3-6H3,(H,36,37,38). The molecule has 0 aliphatic carbocycles. The third-order valence-corrected chi connectivity index (χ3v) is 8.57. The van der Waals surface area contributed by atoms with Gasteiger partial charge < -0.3 is 29.9 Å². The lowest BCUT2D eigenvalue weighted by molar-refractivity contribution is 0.126. The zero-order valence-electron chi connectivity index (χ0n) is 25.0. The Bertz CT molecular complexity index is 1620. The van der Waals surface area contributed by atoms with Gasteiger partial charge in [-0.25, -0.2) is 15.0 Å². The monoisotopic (exact) mass is 565 g/mol. The van der Waals surface area contributed by atoms with Crippen molar-refractivity contribution in [3.8, 4) is 17.2 Å². The van der Waals surface area contributed by atoms with Gasteiger partial charge in [-0.1, -0.05) is 20.4 Å². The van der Waals surface area contributed by atoms with Crippen molar-refractivity contribution in [2.45, 2.75) is 51.7 Å². The molecule has 1 saturated heterocycles. The van der Waals surface area contributed by atoms with Crippen molar-refractivity contribution < 1.29 is 9.47 Å². The van der Waals surface area contributed by atoms with Gasteiger partial charge in [0.25, 0.3) is 0 Å². The van der Waals surface area contributed by atoms with Crippen LogP contribution in [0, 0.1) is 6.92 Å². The minimum absolute atomic E-state index is 0.0925. The molecule has 218 valence electrons. The van der Waals surface area contributed by atoms with Crippen LogP contribution in [0.3, 0.4) is 0 Å². The van der Waals surface area contributed by atoms with Gasteiger partial charge in [-0.15, -0.1) is 0 Å². The number of fused-ring (bicyclic) bond motifs is 4. The van der Waals surface area contributed by atoms with Crippen LogP contribution in [0.1, 0.15) is 43.7 Å². The lowest BCUT2D eigenvalue weighted by atomic mass is 9.96. The molecular weight excluding hydrogens is 526 g/mol. The van der Waals surface area contributed by atoms with Gasteiger partial charge in [-0.2, -0.15) is 0 Å². The van der Waals surface area contributed by atoms with Crippen molar-refractivity contribution in [1.82, 2.24) is 20.3 Å². The summed E-state index contributed by atoms with van der Waals surface area (Å²) in [5, 5.41) is 7.82. The van der Waals surface area contributed by atoms with Gasteiger partial charge in [0.15, 0.2) is 11.6 Å². The summed E-state index contributed by atoms with van der Waals surface area (Å²) in [6.45, 7) is 12.2. The van der Waals surface area contributed by atoms with Crippen LogP contribution in [0.2, 0.25) is 0 Å². The van der Waals surface area contributed by atoms with Crippen molar-refractivity contribution in [2.75, 3.05) is 42.3 Å². The van der Waals surface area contributed by atoms with Crippen LogP contribution in [0.25, 0.3) is 10.9 Å². The van der Waals surface area contributed by atoms with Gasteiger partial charge in [-0.3, -0.25) is 0 Å². The van der Waals surface area contributed by atoms with Gasteiger partial charge in [0.1, 0.15) is 29.7 Å². The molecule has 3 unspecified atom stereocenters. The summed E-state index contributed by atoms with van der Waals surface area (Å²) < 4.78 is 13.0. The van der Waals surface area contributed by atoms with Crippen molar-refractivity contribution in [3.05, 3.63) is 72.8 Å². The molecule has 9 nitrogen and oxygen atoms in total. The van der Waals surface area contributed by atoms with Crippen molar-refractivity contribution in [1.29, 1.82) is 0 Å². The van der Waals surface area contributed by atoms with E-state index in [9.17, 15) is 0 Å². The number of ether oxygens (including phenoxy) is 2. The van der Waals surface area contributed by atoms with E-state index in [4.69, 9.17) is 14.5 Å². The third kappa shape index (κ3) is 5.09. The van der Waals surface area contributed by atoms with E-state index < -0.39 is 0 Å². The highest BCUT2D eigenvalue weighted by molar-refractivity contribution is 5.98. The normalized spacial score (nSPS) is 18.5. The molecule has 42 heavy (non-hydrogen) atoms. The molecule has 2 aliphatic heterocycles. The van der Waals surface area contributed by atoms with E-state index in [1.807, 2.05) is 31.4 Å². The van der Waals surface area contributed by atoms with Crippen molar-refractivity contribution in [3.63, 3.8) is 0 Å². The average molecular weight is 566 g/mol. The molecule has 4 heterocycles. The Hall–Kier alpha value is -4.37. The summed E-state index contributed by atoms with van der Waals surface area (Å²) in [6.07, 6.45) is 7.26. The van der Waals surface area contributed by atoms with E-state index in [0.717, 1.165) is 76.8 Å². The summed E-state index contributed by atoms with van der Waals surface area (Å²) in [7, 11) is 4.10. The summed E-state index contributed by atoms with van der Waals surface area (Å²) in [5.74, 6) is 4.25. The Balaban J connectivity index is 1.28. The maximum absolute atomic E-state index is 6.58. The Morgan fingerprint density at radius 3 is 2.88 bits per heavy atom. The van der Waals surface area contributed by atoms with Gasteiger partial charge in [0.2, 0.25) is 0 Å². The van der Waals surface area contributed by atoms with Crippen LogP contribution < -0.4 is 29.9 Å². The maximum Gasteiger partial charge on any atom is 0.175 e. The largest absolute Gasteiger partial charge is 0.483 e. The molecule has 0 amide bonds. The number of piperidine rings is 1. The van der Waals surface area contributed by atoms with Crippen LogP contribution >= 0.6 is 0 Å². The number of rotatable bonds is 8. The first-order chi connectivity index (χ1) is 20.4. The number of nitrogens with zero attached hydrogens (tertiary/aromatic N) is 5. The van der Waals surface area contributed by atoms with E-state index in [1.165, 1.54) is 5.56 Å². The fraction of sp³-hybridized carbons (Fsp3) is 0.364. The van der Waals surface area contributed by atoms with E-state index in [0.29, 0.717) is 11.7 Å². The highest BCUT2D eigenvalue weighted by Gasteiger charge is 2.38. The van der Waals surface area contributed by atoms with Crippen LogP contribution in [-0.4, -0.2) is 54.3 Å². The second-order valence-corrected chi connectivity index (χ2v) is 11.3. The van der Waals surface area contributed by atoms with Gasteiger partial charge in [0, 0.05) is 32.0 Å². The maximum atomic E-state index is 6.58. The average Bonchev–Trinajstić information content (AvgIpc) is 3.01. The predicted octanol–water partition coefficient (Wildman–Crippen LogP) is 6.52. The second-order valence-electron chi connectivity index (χ2n) is 11.3. The number of hydrogen-bond acceptors (Lipinski definition) is 9.